The molecule has 0 spiro atoms. The summed E-state index contributed by atoms with van der Waals surface area (Å²) in [5.41, 5.74) is 0.158. The van der Waals surface area contributed by atoms with E-state index in [1.807, 2.05) is 0 Å². The Labute approximate surface area is 108 Å². The van der Waals surface area contributed by atoms with Crippen LogP contribution in [0.15, 0.2) is 35.1 Å². The predicted octanol–water partition coefficient (Wildman–Crippen LogP) is 3.81. The molecule has 1 heterocycles. The summed E-state index contributed by atoms with van der Waals surface area (Å²) in [4.78, 5) is 6.58. The Morgan fingerprint density at radius 2 is 2.11 bits per heavy atom. The molecule has 1 aromatic carbocycles. The second-order valence-electron chi connectivity index (χ2n) is 3.25. The van der Waals surface area contributed by atoms with Gasteiger partial charge in [0.25, 0.3) is 0 Å². The van der Waals surface area contributed by atoms with Crippen LogP contribution in [0.2, 0.25) is 0 Å². The van der Waals surface area contributed by atoms with Crippen molar-refractivity contribution in [3.05, 3.63) is 35.1 Å². The fourth-order valence-electron chi connectivity index (χ4n) is 1.27. The number of hydrogen-bond acceptors (Lipinski definition) is 3. The van der Waals surface area contributed by atoms with Crippen LogP contribution in [0.25, 0.3) is 0 Å². The summed E-state index contributed by atoms with van der Waals surface area (Å²) < 4.78 is 41.1. The average molecular weight is 322 g/mol. The Morgan fingerprint density at radius 3 is 2.72 bits per heavy atom. The monoisotopic (exact) mass is 321 g/mol. The molecule has 0 saturated heterocycles. The van der Waals surface area contributed by atoms with Crippen molar-refractivity contribution < 1.29 is 17.9 Å². The number of alkyl halides is 3. The lowest BCUT2D eigenvalue weighted by molar-refractivity contribution is -0.274. The maximum atomic E-state index is 12.2. The summed E-state index contributed by atoms with van der Waals surface area (Å²) in [5, 5.41) is 2.69. The molecule has 0 fully saturated rings. The van der Waals surface area contributed by atoms with E-state index in [2.05, 4.69) is 36.0 Å². The number of aromatic nitrogens is 2. The van der Waals surface area contributed by atoms with E-state index in [1.165, 1.54) is 18.3 Å². The zero-order valence-corrected chi connectivity index (χ0v) is 10.3. The molecular formula is C10H7BrF3N3O. The average Bonchev–Trinajstić information content (AvgIpc) is 2.72. The highest BCUT2D eigenvalue weighted by molar-refractivity contribution is 9.10. The molecule has 8 heteroatoms. The van der Waals surface area contributed by atoms with Gasteiger partial charge in [0.2, 0.25) is 5.95 Å². The molecule has 0 bridgehead atoms. The van der Waals surface area contributed by atoms with Crippen molar-refractivity contribution in [3.8, 4) is 5.75 Å². The van der Waals surface area contributed by atoms with Crippen LogP contribution in [-0.4, -0.2) is 16.3 Å². The molecule has 2 aromatic rings. The number of H-pyrrole nitrogens is 1. The third kappa shape index (κ3) is 3.39. The minimum absolute atomic E-state index is 0.158. The normalized spacial score (nSPS) is 11.3. The minimum atomic E-state index is -4.75. The molecule has 0 radical (unpaired) electrons. The largest absolute Gasteiger partial charge is 0.573 e. The number of halogens is 4. The fraction of sp³-hybridized carbons (Fsp3) is 0.100. The first kappa shape index (κ1) is 12.7. The van der Waals surface area contributed by atoms with Crippen LogP contribution in [0.3, 0.4) is 0 Å². The van der Waals surface area contributed by atoms with Crippen molar-refractivity contribution in [2.45, 2.75) is 6.36 Å². The summed E-state index contributed by atoms with van der Waals surface area (Å²) >= 11 is 3.08. The molecule has 0 aliphatic heterocycles. The lowest BCUT2D eigenvalue weighted by Crippen LogP contribution is -2.18. The van der Waals surface area contributed by atoms with Crippen LogP contribution in [-0.2, 0) is 0 Å². The molecule has 18 heavy (non-hydrogen) atoms. The molecule has 1 aromatic heterocycles. The molecule has 0 aliphatic rings. The Kier molecular flexibility index (Phi) is 3.46. The maximum absolute atomic E-state index is 12.2. The first-order valence-electron chi connectivity index (χ1n) is 4.76. The Morgan fingerprint density at radius 1 is 1.33 bits per heavy atom. The highest BCUT2D eigenvalue weighted by Gasteiger charge is 2.32. The number of benzene rings is 1. The first-order valence-corrected chi connectivity index (χ1v) is 5.55. The SMILES string of the molecule is FC(F)(F)Oc1cc(Br)ccc1Nc1ncc[nH]1. The number of nitrogens with zero attached hydrogens (tertiary/aromatic N) is 1. The summed E-state index contributed by atoms with van der Waals surface area (Å²) in [6.45, 7) is 0. The van der Waals surface area contributed by atoms with E-state index in [4.69, 9.17) is 0 Å². The van der Waals surface area contributed by atoms with E-state index in [-0.39, 0.29) is 11.4 Å². The minimum Gasteiger partial charge on any atom is -0.404 e. The van der Waals surface area contributed by atoms with Crippen LogP contribution in [0, 0.1) is 0 Å². The first-order chi connectivity index (χ1) is 8.44. The maximum Gasteiger partial charge on any atom is 0.573 e. The van der Waals surface area contributed by atoms with E-state index < -0.39 is 6.36 Å². The van der Waals surface area contributed by atoms with Crippen LogP contribution >= 0.6 is 15.9 Å². The van der Waals surface area contributed by atoms with Gasteiger partial charge in [0, 0.05) is 16.9 Å². The van der Waals surface area contributed by atoms with Gasteiger partial charge in [-0.2, -0.15) is 0 Å². The molecule has 2 rings (SSSR count). The summed E-state index contributed by atoms with van der Waals surface area (Å²) in [6, 6.07) is 4.26. The molecule has 0 unspecified atom stereocenters. The van der Waals surface area contributed by atoms with Gasteiger partial charge in [0.1, 0.15) is 0 Å². The smallest absolute Gasteiger partial charge is 0.404 e. The molecule has 4 nitrogen and oxygen atoms in total. The van der Waals surface area contributed by atoms with Crippen molar-refractivity contribution in [2.75, 3.05) is 5.32 Å². The van der Waals surface area contributed by atoms with Gasteiger partial charge < -0.3 is 15.0 Å². The molecular weight excluding hydrogens is 315 g/mol. The van der Waals surface area contributed by atoms with Crippen molar-refractivity contribution in [1.29, 1.82) is 0 Å². The van der Waals surface area contributed by atoms with E-state index in [0.29, 0.717) is 10.4 Å². The van der Waals surface area contributed by atoms with Crippen LogP contribution in [0.4, 0.5) is 24.8 Å². The number of imidazole rings is 1. The Balaban J connectivity index is 2.28. The lowest BCUT2D eigenvalue weighted by atomic mass is 10.3. The van der Waals surface area contributed by atoms with Crippen molar-refractivity contribution in [2.24, 2.45) is 0 Å². The second-order valence-corrected chi connectivity index (χ2v) is 4.17. The molecule has 0 amide bonds. The summed E-state index contributed by atoms with van der Waals surface area (Å²) in [6.07, 6.45) is -1.72. The molecule has 0 saturated carbocycles. The predicted molar refractivity (Wildman–Crippen MR) is 62.7 cm³/mol. The number of rotatable bonds is 3. The Bertz CT molecular complexity index is 528. The van der Waals surface area contributed by atoms with Gasteiger partial charge in [-0.25, -0.2) is 4.98 Å². The van der Waals surface area contributed by atoms with Gasteiger partial charge in [-0.3, -0.25) is 0 Å². The van der Waals surface area contributed by atoms with Crippen molar-refractivity contribution >= 4 is 27.6 Å². The van der Waals surface area contributed by atoms with Gasteiger partial charge in [0.05, 0.1) is 5.69 Å². The van der Waals surface area contributed by atoms with E-state index >= 15 is 0 Å². The highest BCUT2D eigenvalue weighted by atomic mass is 79.9. The number of ether oxygens (including phenoxy) is 1. The van der Waals surface area contributed by atoms with E-state index in [9.17, 15) is 13.2 Å². The van der Waals surface area contributed by atoms with E-state index in [1.54, 1.807) is 12.3 Å². The molecule has 0 atom stereocenters. The molecule has 2 N–H and O–H groups in total. The quantitative estimate of drug-likeness (QED) is 0.903. The third-order valence-corrected chi connectivity index (χ3v) is 2.41. The number of hydrogen-bond donors (Lipinski definition) is 2. The summed E-state index contributed by atoms with van der Waals surface area (Å²) in [5.74, 6) is -0.0161. The zero-order chi connectivity index (χ0) is 13.2. The van der Waals surface area contributed by atoms with Gasteiger partial charge >= 0.3 is 6.36 Å². The van der Waals surface area contributed by atoms with Gasteiger partial charge in [-0.05, 0) is 18.2 Å². The van der Waals surface area contributed by atoms with Crippen LogP contribution < -0.4 is 10.1 Å². The third-order valence-electron chi connectivity index (χ3n) is 1.92. The van der Waals surface area contributed by atoms with Gasteiger partial charge in [0.15, 0.2) is 5.75 Å². The van der Waals surface area contributed by atoms with E-state index in [0.717, 1.165) is 0 Å². The molecule has 0 aliphatic carbocycles. The standard InChI is InChI=1S/C10H7BrF3N3O/c11-6-1-2-7(17-9-15-3-4-16-9)8(5-6)18-10(12,13)14/h1-5H,(H2,15,16,17). The molecule has 96 valence electrons. The highest BCUT2D eigenvalue weighted by Crippen LogP contribution is 2.33. The van der Waals surface area contributed by atoms with Gasteiger partial charge in [-0.1, -0.05) is 15.9 Å². The van der Waals surface area contributed by atoms with Crippen molar-refractivity contribution in [1.82, 2.24) is 9.97 Å². The number of anilines is 2. The lowest BCUT2D eigenvalue weighted by Gasteiger charge is -2.13. The number of aromatic amines is 1. The summed E-state index contributed by atoms with van der Waals surface area (Å²) in [7, 11) is 0. The number of nitrogens with one attached hydrogen (secondary N) is 2. The van der Waals surface area contributed by atoms with Gasteiger partial charge in [-0.15, -0.1) is 13.2 Å². The van der Waals surface area contributed by atoms with Crippen LogP contribution in [0.1, 0.15) is 0 Å². The van der Waals surface area contributed by atoms with Crippen molar-refractivity contribution in [3.63, 3.8) is 0 Å². The Hall–Kier alpha value is -1.70. The topological polar surface area (TPSA) is 49.9 Å². The fourth-order valence-corrected chi connectivity index (χ4v) is 1.61. The van der Waals surface area contributed by atoms with Crippen LogP contribution in [0.5, 0.6) is 5.75 Å². The zero-order valence-electron chi connectivity index (χ0n) is 8.75. The second kappa shape index (κ2) is 4.89.